The van der Waals surface area contributed by atoms with Crippen LogP contribution in [0, 0.1) is 6.92 Å². The molecule has 0 bridgehead atoms. The van der Waals surface area contributed by atoms with Gasteiger partial charge in [-0.1, -0.05) is 42.0 Å². The number of unbranched alkanes of at least 4 members (excludes halogenated alkanes) is 2. The zero-order chi connectivity index (χ0) is 30.6. The Morgan fingerprint density at radius 1 is 0.976 bits per heavy atom. The maximum atomic E-state index is 14.8. The molecule has 0 fully saturated rings. The summed E-state index contributed by atoms with van der Waals surface area (Å²) >= 11 is 0. The molecule has 0 aliphatic carbocycles. The van der Waals surface area contributed by atoms with Crippen molar-refractivity contribution >= 4 is 27.4 Å². The predicted molar refractivity (Wildman–Crippen MR) is 138 cm³/mol. The number of ether oxygens (including phenoxy) is 1. The van der Waals surface area contributed by atoms with Crippen LogP contribution in [0.25, 0.3) is 5.57 Å². The summed E-state index contributed by atoms with van der Waals surface area (Å²) in [6.07, 6.45) is -9.97. The molecule has 1 atom stereocenters. The average molecular weight is 607 g/mol. The molecule has 14 heteroatoms. The number of sulfonamides is 1. The number of amides is 2. The fourth-order valence-electron chi connectivity index (χ4n) is 4.39. The molecule has 1 unspecified atom stereocenters. The Bertz CT molecular complexity index is 1400. The molecule has 0 radical (unpaired) electrons. The SMILES string of the molecule is Cc1ccc(C2=C(C(=O)NS(C)(=O)=O)C(=O)NC(c3ccc(OCCCCCC(F)(F)F)cc3)(C(F)(F)F)C2)cc1. The minimum absolute atomic E-state index is 0.0530. The van der Waals surface area contributed by atoms with E-state index in [-0.39, 0.29) is 41.9 Å². The molecule has 2 N–H and O–H groups in total. The lowest BCUT2D eigenvalue weighted by Gasteiger charge is -2.41. The molecule has 7 nitrogen and oxygen atoms in total. The highest BCUT2D eigenvalue weighted by atomic mass is 32.2. The normalized spacial score (nSPS) is 18.2. The van der Waals surface area contributed by atoms with Gasteiger partial charge in [0.1, 0.15) is 11.3 Å². The van der Waals surface area contributed by atoms with E-state index in [9.17, 15) is 44.3 Å². The van der Waals surface area contributed by atoms with E-state index in [1.54, 1.807) is 23.8 Å². The smallest absolute Gasteiger partial charge is 0.416 e. The van der Waals surface area contributed by atoms with E-state index in [4.69, 9.17) is 4.74 Å². The second-order valence-electron chi connectivity index (χ2n) is 9.76. The van der Waals surface area contributed by atoms with E-state index in [0.717, 1.165) is 17.7 Å². The van der Waals surface area contributed by atoms with Crippen LogP contribution in [-0.2, 0) is 25.2 Å². The first kappa shape index (κ1) is 32.0. The maximum Gasteiger partial charge on any atom is 0.416 e. The summed E-state index contributed by atoms with van der Waals surface area (Å²) in [6.45, 7) is 1.78. The molecule has 1 heterocycles. The van der Waals surface area contributed by atoms with Gasteiger partial charge in [0.2, 0.25) is 10.0 Å². The van der Waals surface area contributed by atoms with Gasteiger partial charge in [-0.05, 0) is 55.0 Å². The Kier molecular flexibility index (Phi) is 9.46. The first-order valence-electron chi connectivity index (χ1n) is 12.4. The van der Waals surface area contributed by atoms with Gasteiger partial charge >= 0.3 is 12.4 Å². The van der Waals surface area contributed by atoms with Crippen molar-refractivity contribution in [1.82, 2.24) is 10.0 Å². The number of carbonyl (C=O) groups excluding carboxylic acids is 2. The second-order valence-corrected chi connectivity index (χ2v) is 11.5. The molecular weight excluding hydrogens is 578 g/mol. The molecule has 0 saturated heterocycles. The summed E-state index contributed by atoms with van der Waals surface area (Å²) in [5, 5.41) is 1.90. The van der Waals surface area contributed by atoms with Gasteiger partial charge in [0.25, 0.3) is 11.8 Å². The summed E-state index contributed by atoms with van der Waals surface area (Å²) in [4.78, 5) is 25.9. The number of aryl methyl sites for hydroxylation is 1. The highest BCUT2D eigenvalue weighted by Crippen LogP contribution is 2.48. The first-order valence-corrected chi connectivity index (χ1v) is 14.3. The van der Waals surface area contributed by atoms with Crippen molar-refractivity contribution in [2.75, 3.05) is 12.9 Å². The van der Waals surface area contributed by atoms with Gasteiger partial charge in [-0.25, -0.2) is 13.1 Å². The van der Waals surface area contributed by atoms with E-state index in [1.807, 2.05) is 5.32 Å². The number of carbonyl (C=O) groups is 2. The molecule has 2 aromatic carbocycles. The number of hydrogen-bond acceptors (Lipinski definition) is 5. The topological polar surface area (TPSA) is 102 Å². The van der Waals surface area contributed by atoms with Gasteiger partial charge in [0.05, 0.1) is 12.9 Å². The van der Waals surface area contributed by atoms with Gasteiger partial charge < -0.3 is 10.1 Å². The molecule has 3 rings (SSSR count). The highest BCUT2D eigenvalue weighted by molar-refractivity contribution is 7.89. The molecule has 41 heavy (non-hydrogen) atoms. The maximum absolute atomic E-state index is 14.8. The average Bonchev–Trinajstić information content (AvgIpc) is 2.84. The van der Waals surface area contributed by atoms with Gasteiger partial charge in [-0.2, -0.15) is 26.3 Å². The minimum Gasteiger partial charge on any atom is -0.494 e. The summed E-state index contributed by atoms with van der Waals surface area (Å²) in [6, 6.07) is 10.7. The predicted octanol–water partition coefficient (Wildman–Crippen LogP) is 5.30. The van der Waals surface area contributed by atoms with E-state index < -0.39 is 58.1 Å². The van der Waals surface area contributed by atoms with Crippen LogP contribution in [-0.4, -0.2) is 45.4 Å². The van der Waals surface area contributed by atoms with E-state index in [2.05, 4.69) is 0 Å². The number of nitrogens with one attached hydrogen (secondary N) is 2. The largest absolute Gasteiger partial charge is 0.494 e. The third-order valence-corrected chi connectivity index (χ3v) is 6.96. The van der Waals surface area contributed by atoms with E-state index in [0.29, 0.717) is 12.7 Å². The van der Waals surface area contributed by atoms with Crippen molar-refractivity contribution in [3.05, 3.63) is 70.8 Å². The van der Waals surface area contributed by atoms with Gasteiger partial charge in [0, 0.05) is 12.8 Å². The Hall–Kier alpha value is -3.55. The zero-order valence-electron chi connectivity index (χ0n) is 22.1. The fraction of sp³-hybridized carbons (Fsp3) is 0.407. The van der Waals surface area contributed by atoms with Crippen molar-refractivity contribution in [1.29, 1.82) is 0 Å². The summed E-state index contributed by atoms with van der Waals surface area (Å²) < 4.78 is 111. The van der Waals surface area contributed by atoms with Crippen molar-refractivity contribution < 1.29 is 49.1 Å². The number of alkyl halides is 6. The molecule has 2 aromatic rings. The van der Waals surface area contributed by atoms with Crippen molar-refractivity contribution in [2.24, 2.45) is 0 Å². The van der Waals surface area contributed by atoms with Crippen LogP contribution in [0.15, 0.2) is 54.1 Å². The third kappa shape index (κ3) is 8.24. The standard InChI is InChI=1S/C27H28F6N2O5S/c1-17-6-8-18(9-7-17)21-16-25(27(31,32)33,34-23(36)22(21)24(37)35-41(2,38)39)19-10-12-20(13-11-19)40-15-5-3-4-14-26(28,29)30/h6-13H,3-5,14-16H2,1-2H3,(H,34,36)(H,35,37). The first-order chi connectivity index (χ1) is 18.9. The molecule has 2 amide bonds. The summed E-state index contributed by atoms with van der Waals surface area (Å²) in [5.74, 6) is -2.61. The van der Waals surface area contributed by atoms with Crippen LogP contribution in [0.3, 0.4) is 0 Å². The lowest BCUT2D eigenvalue weighted by atomic mass is 9.76. The second kappa shape index (κ2) is 12.1. The van der Waals surface area contributed by atoms with Crippen LogP contribution in [0.4, 0.5) is 26.3 Å². The van der Waals surface area contributed by atoms with E-state index in [1.165, 1.54) is 24.3 Å². The van der Waals surface area contributed by atoms with Crippen LogP contribution >= 0.6 is 0 Å². The van der Waals surface area contributed by atoms with Gasteiger partial charge in [-0.15, -0.1) is 0 Å². The monoisotopic (exact) mass is 606 g/mol. The molecule has 0 spiro atoms. The Morgan fingerprint density at radius 2 is 1.59 bits per heavy atom. The van der Waals surface area contributed by atoms with Gasteiger partial charge in [-0.3, -0.25) is 9.59 Å². The summed E-state index contributed by atoms with van der Waals surface area (Å²) in [7, 11) is -4.14. The highest BCUT2D eigenvalue weighted by Gasteiger charge is 2.60. The van der Waals surface area contributed by atoms with Crippen LogP contribution < -0.4 is 14.8 Å². The number of halogens is 6. The molecule has 1 aliphatic heterocycles. The minimum atomic E-state index is -5.06. The summed E-state index contributed by atoms with van der Waals surface area (Å²) in [5.41, 5.74) is -3.52. The fourth-order valence-corrected chi connectivity index (χ4v) is 4.83. The molecule has 0 aromatic heterocycles. The molecule has 224 valence electrons. The molecule has 0 saturated carbocycles. The van der Waals surface area contributed by atoms with Gasteiger partial charge in [0.15, 0.2) is 5.54 Å². The Balaban J connectivity index is 1.93. The lowest BCUT2D eigenvalue weighted by molar-refractivity contribution is -0.201. The molecular formula is C27H28F6N2O5S. The third-order valence-electron chi connectivity index (χ3n) is 6.41. The number of benzene rings is 2. The Morgan fingerprint density at radius 3 is 2.12 bits per heavy atom. The quantitative estimate of drug-likeness (QED) is 0.217. The van der Waals surface area contributed by atoms with Crippen molar-refractivity contribution in [2.45, 2.75) is 56.9 Å². The van der Waals surface area contributed by atoms with Crippen molar-refractivity contribution in [3.63, 3.8) is 0 Å². The van der Waals surface area contributed by atoms with Crippen LogP contribution in [0.1, 0.15) is 48.8 Å². The van der Waals surface area contributed by atoms with E-state index >= 15 is 0 Å². The van der Waals surface area contributed by atoms with Crippen molar-refractivity contribution in [3.8, 4) is 5.75 Å². The van der Waals surface area contributed by atoms with Crippen LogP contribution in [0.2, 0.25) is 0 Å². The number of hydrogen-bond donors (Lipinski definition) is 2. The molecule has 1 aliphatic rings. The number of rotatable bonds is 10. The lowest BCUT2D eigenvalue weighted by Crippen LogP contribution is -2.59. The Labute approximate surface area is 233 Å². The zero-order valence-corrected chi connectivity index (χ0v) is 22.9. The van der Waals surface area contributed by atoms with Crippen LogP contribution in [0.5, 0.6) is 5.75 Å².